The third kappa shape index (κ3) is 2.84. The van der Waals surface area contributed by atoms with E-state index in [-0.39, 0.29) is 6.03 Å². The van der Waals surface area contributed by atoms with Crippen molar-refractivity contribution >= 4 is 22.8 Å². The minimum absolute atomic E-state index is 0.0864. The zero-order valence-corrected chi connectivity index (χ0v) is 12.2. The normalized spacial score (nSPS) is 10.8. The highest BCUT2D eigenvalue weighted by molar-refractivity contribution is 5.79. The van der Waals surface area contributed by atoms with Gasteiger partial charge in [-0.3, -0.25) is 0 Å². The number of benzene rings is 1. The molecule has 2 amide bonds. The van der Waals surface area contributed by atoms with Gasteiger partial charge in [0.2, 0.25) is 0 Å². The number of urea groups is 1. The van der Waals surface area contributed by atoms with Gasteiger partial charge in [-0.15, -0.1) is 0 Å². The number of nitrogens with one attached hydrogen (secondary N) is 1. The van der Waals surface area contributed by atoms with Crippen LogP contribution in [-0.2, 0) is 13.0 Å². The van der Waals surface area contributed by atoms with Crippen molar-refractivity contribution in [1.29, 1.82) is 0 Å². The minimum atomic E-state index is -0.0864. The van der Waals surface area contributed by atoms with Crippen LogP contribution in [-0.4, -0.2) is 41.1 Å². The summed E-state index contributed by atoms with van der Waals surface area (Å²) in [6.45, 7) is 3.34. The second kappa shape index (κ2) is 5.81. The molecule has 0 spiro atoms. The molecule has 108 valence electrons. The third-order valence-electron chi connectivity index (χ3n) is 3.19. The van der Waals surface area contributed by atoms with E-state index in [0.717, 1.165) is 23.3 Å². The number of hydrogen-bond acceptors (Lipinski definition) is 3. The van der Waals surface area contributed by atoms with Crippen molar-refractivity contribution in [3.8, 4) is 0 Å². The molecule has 1 aromatic carbocycles. The molecule has 2 rings (SSSR count). The Morgan fingerprint density at radius 3 is 2.85 bits per heavy atom. The highest BCUT2D eigenvalue weighted by atomic mass is 16.2. The number of aromatic nitrogens is 2. The standard InChI is InChI=1S/C14H21N5O/c1-4-13-17-11-9-10(15)5-6-12(11)19(13)8-7-16-14(20)18(2)3/h5-6,9H,4,7-8,15H2,1-3H3,(H,16,20). The fraction of sp³-hybridized carbons (Fsp3) is 0.429. The smallest absolute Gasteiger partial charge is 0.316 e. The quantitative estimate of drug-likeness (QED) is 0.829. The van der Waals surface area contributed by atoms with E-state index in [0.29, 0.717) is 18.8 Å². The second-order valence-electron chi connectivity index (χ2n) is 4.91. The Morgan fingerprint density at radius 1 is 1.45 bits per heavy atom. The van der Waals surface area contributed by atoms with Crippen LogP contribution >= 0.6 is 0 Å². The van der Waals surface area contributed by atoms with Gasteiger partial charge in [-0.05, 0) is 18.2 Å². The van der Waals surface area contributed by atoms with E-state index in [1.165, 1.54) is 4.90 Å². The minimum Gasteiger partial charge on any atom is -0.399 e. The topological polar surface area (TPSA) is 76.2 Å². The number of imidazole rings is 1. The first-order chi connectivity index (χ1) is 9.52. The van der Waals surface area contributed by atoms with Crippen LogP contribution in [0.25, 0.3) is 11.0 Å². The average Bonchev–Trinajstić information content (AvgIpc) is 2.75. The number of carbonyl (C=O) groups is 1. The van der Waals surface area contributed by atoms with E-state index in [2.05, 4.69) is 21.8 Å². The molecule has 0 saturated carbocycles. The van der Waals surface area contributed by atoms with E-state index in [1.807, 2.05) is 18.2 Å². The summed E-state index contributed by atoms with van der Waals surface area (Å²) in [4.78, 5) is 17.6. The number of amides is 2. The molecule has 1 heterocycles. The summed E-state index contributed by atoms with van der Waals surface area (Å²) in [6, 6.07) is 5.64. The molecule has 1 aromatic heterocycles. The van der Waals surface area contributed by atoms with Crippen LogP contribution in [0.15, 0.2) is 18.2 Å². The Labute approximate surface area is 118 Å². The van der Waals surface area contributed by atoms with Crippen molar-refractivity contribution in [2.45, 2.75) is 19.9 Å². The van der Waals surface area contributed by atoms with Gasteiger partial charge in [0.25, 0.3) is 0 Å². The van der Waals surface area contributed by atoms with E-state index in [4.69, 9.17) is 5.73 Å². The molecule has 0 aliphatic rings. The highest BCUT2D eigenvalue weighted by Gasteiger charge is 2.10. The van der Waals surface area contributed by atoms with Crippen molar-refractivity contribution in [3.05, 3.63) is 24.0 Å². The third-order valence-corrected chi connectivity index (χ3v) is 3.19. The van der Waals surface area contributed by atoms with Gasteiger partial charge in [0.1, 0.15) is 5.82 Å². The summed E-state index contributed by atoms with van der Waals surface area (Å²) in [5.74, 6) is 1.00. The Kier molecular flexibility index (Phi) is 4.12. The first kappa shape index (κ1) is 14.2. The summed E-state index contributed by atoms with van der Waals surface area (Å²) in [5.41, 5.74) is 8.45. The first-order valence-corrected chi connectivity index (χ1v) is 6.72. The molecule has 0 aliphatic carbocycles. The predicted octanol–water partition coefficient (Wildman–Crippen LogP) is 1.45. The maximum absolute atomic E-state index is 11.5. The van der Waals surface area contributed by atoms with Gasteiger partial charge >= 0.3 is 6.03 Å². The molecule has 20 heavy (non-hydrogen) atoms. The molecular formula is C14H21N5O. The molecular weight excluding hydrogens is 254 g/mol. The molecule has 0 radical (unpaired) electrons. The van der Waals surface area contributed by atoms with Crippen molar-refractivity contribution < 1.29 is 4.79 Å². The van der Waals surface area contributed by atoms with Gasteiger partial charge in [0.15, 0.2) is 0 Å². The monoisotopic (exact) mass is 275 g/mol. The lowest BCUT2D eigenvalue weighted by Gasteiger charge is -2.13. The number of rotatable bonds is 4. The van der Waals surface area contributed by atoms with Crippen LogP contribution in [0.4, 0.5) is 10.5 Å². The maximum atomic E-state index is 11.5. The number of hydrogen-bond donors (Lipinski definition) is 2. The van der Waals surface area contributed by atoms with E-state index in [1.54, 1.807) is 14.1 Å². The fourth-order valence-electron chi connectivity index (χ4n) is 2.15. The Balaban J connectivity index is 2.18. The lowest BCUT2D eigenvalue weighted by Crippen LogP contribution is -2.36. The van der Waals surface area contributed by atoms with E-state index < -0.39 is 0 Å². The van der Waals surface area contributed by atoms with Crippen LogP contribution in [0.5, 0.6) is 0 Å². The van der Waals surface area contributed by atoms with Gasteiger partial charge in [0, 0.05) is 39.3 Å². The van der Waals surface area contributed by atoms with Gasteiger partial charge in [-0.2, -0.15) is 0 Å². The van der Waals surface area contributed by atoms with E-state index >= 15 is 0 Å². The lowest BCUT2D eigenvalue weighted by molar-refractivity contribution is 0.217. The number of nitrogens with zero attached hydrogens (tertiary/aromatic N) is 3. The largest absolute Gasteiger partial charge is 0.399 e. The summed E-state index contributed by atoms with van der Waals surface area (Å²) >= 11 is 0. The first-order valence-electron chi connectivity index (χ1n) is 6.72. The van der Waals surface area contributed by atoms with Crippen molar-refractivity contribution in [2.24, 2.45) is 0 Å². The molecule has 0 saturated heterocycles. The highest BCUT2D eigenvalue weighted by Crippen LogP contribution is 2.19. The molecule has 0 fully saturated rings. The van der Waals surface area contributed by atoms with Crippen LogP contribution in [0.2, 0.25) is 0 Å². The van der Waals surface area contributed by atoms with Gasteiger partial charge in [0.05, 0.1) is 11.0 Å². The molecule has 0 unspecified atom stereocenters. The number of nitrogen functional groups attached to an aromatic ring is 1. The SMILES string of the molecule is CCc1nc2cc(N)ccc2n1CCNC(=O)N(C)C. The van der Waals surface area contributed by atoms with Crippen LogP contribution in [0.1, 0.15) is 12.7 Å². The molecule has 6 nitrogen and oxygen atoms in total. The summed E-state index contributed by atoms with van der Waals surface area (Å²) in [5, 5.41) is 2.86. The van der Waals surface area contributed by atoms with Gasteiger partial charge < -0.3 is 20.5 Å². The number of nitrogens with two attached hydrogens (primary N) is 1. The van der Waals surface area contributed by atoms with Crippen molar-refractivity contribution in [3.63, 3.8) is 0 Å². The lowest BCUT2D eigenvalue weighted by atomic mass is 10.3. The molecule has 0 bridgehead atoms. The van der Waals surface area contributed by atoms with Crippen LogP contribution < -0.4 is 11.1 Å². The van der Waals surface area contributed by atoms with Crippen LogP contribution in [0.3, 0.4) is 0 Å². The van der Waals surface area contributed by atoms with Crippen molar-refractivity contribution in [2.75, 3.05) is 26.4 Å². The Morgan fingerprint density at radius 2 is 2.20 bits per heavy atom. The average molecular weight is 275 g/mol. The summed E-state index contributed by atoms with van der Waals surface area (Å²) in [6.07, 6.45) is 0.843. The summed E-state index contributed by atoms with van der Waals surface area (Å²) < 4.78 is 2.13. The zero-order chi connectivity index (χ0) is 14.7. The van der Waals surface area contributed by atoms with Gasteiger partial charge in [-0.1, -0.05) is 6.92 Å². The van der Waals surface area contributed by atoms with Crippen LogP contribution in [0, 0.1) is 0 Å². The summed E-state index contributed by atoms with van der Waals surface area (Å²) in [7, 11) is 3.45. The molecule has 3 N–H and O–H groups in total. The molecule has 6 heteroatoms. The van der Waals surface area contributed by atoms with Crippen molar-refractivity contribution in [1.82, 2.24) is 19.8 Å². The Bertz CT molecular complexity index is 617. The van der Waals surface area contributed by atoms with E-state index in [9.17, 15) is 4.79 Å². The number of anilines is 1. The fourth-order valence-corrected chi connectivity index (χ4v) is 2.15. The predicted molar refractivity (Wildman–Crippen MR) is 80.6 cm³/mol. The Hall–Kier alpha value is -2.24. The molecule has 0 atom stereocenters. The zero-order valence-electron chi connectivity index (χ0n) is 12.2. The number of aryl methyl sites for hydroxylation is 1. The number of carbonyl (C=O) groups excluding carboxylic acids is 1. The van der Waals surface area contributed by atoms with Gasteiger partial charge in [-0.25, -0.2) is 9.78 Å². The second-order valence-corrected chi connectivity index (χ2v) is 4.91. The molecule has 0 aliphatic heterocycles. The maximum Gasteiger partial charge on any atom is 0.316 e. The number of fused-ring (bicyclic) bond motifs is 1. The molecule has 2 aromatic rings.